The molecule has 0 spiro atoms. The molecule has 1 N–H and O–H groups in total. The summed E-state index contributed by atoms with van der Waals surface area (Å²) in [7, 11) is 0. The smallest absolute Gasteiger partial charge is 0.228 e. The molecule has 84 valence electrons. The van der Waals surface area contributed by atoms with Crippen LogP contribution in [0.2, 0.25) is 0 Å². The van der Waals surface area contributed by atoms with E-state index in [0.717, 1.165) is 30.5 Å². The second-order valence-corrected chi connectivity index (χ2v) is 4.20. The number of benzene rings is 1. The van der Waals surface area contributed by atoms with Crippen LogP contribution in [0.5, 0.6) is 0 Å². The molecule has 2 heteroatoms. The van der Waals surface area contributed by atoms with Gasteiger partial charge in [0.25, 0.3) is 0 Å². The van der Waals surface area contributed by atoms with Crippen molar-refractivity contribution in [3.63, 3.8) is 0 Å². The maximum Gasteiger partial charge on any atom is 0.228 e. The minimum Gasteiger partial charge on any atom is -0.329 e. The fourth-order valence-electron chi connectivity index (χ4n) is 1.96. The van der Waals surface area contributed by atoms with Crippen molar-refractivity contribution < 1.29 is 4.79 Å². The Labute approximate surface area is 96.4 Å². The topological polar surface area (TPSA) is 29.1 Å². The van der Waals surface area contributed by atoms with Gasteiger partial charge in [0.2, 0.25) is 5.91 Å². The van der Waals surface area contributed by atoms with E-state index >= 15 is 0 Å². The number of nitrogens with one attached hydrogen (secondary N) is 1. The number of carbonyl (C=O) groups is 1. The van der Waals surface area contributed by atoms with E-state index in [9.17, 15) is 4.79 Å². The fourth-order valence-corrected chi connectivity index (χ4v) is 1.96. The van der Waals surface area contributed by atoms with Crippen LogP contribution in [0.4, 0.5) is 0 Å². The fraction of sp³-hybridized carbons (Fsp3) is 0.357. The Morgan fingerprint density at radius 3 is 2.94 bits per heavy atom. The molecule has 0 radical (unpaired) electrons. The molecule has 2 nitrogen and oxygen atoms in total. The van der Waals surface area contributed by atoms with Gasteiger partial charge in [-0.2, -0.15) is 0 Å². The lowest BCUT2D eigenvalue weighted by Crippen LogP contribution is -2.22. The van der Waals surface area contributed by atoms with Gasteiger partial charge in [0.15, 0.2) is 0 Å². The number of hydrogen-bond acceptors (Lipinski definition) is 1. The number of rotatable bonds is 3. The molecule has 1 aliphatic heterocycles. The summed E-state index contributed by atoms with van der Waals surface area (Å²) >= 11 is 0. The van der Waals surface area contributed by atoms with Crippen LogP contribution in [0.25, 0.3) is 6.08 Å². The van der Waals surface area contributed by atoms with Crippen LogP contribution in [0.3, 0.4) is 0 Å². The average molecular weight is 215 g/mol. The lowest BCUT2D eigenvalue weighted by atomic mass is 10.0. The van der Waals surface area contributed by atoms with Gasteiger partial charge in [-0.1, -0.05) is 37.6 Å². The standard InChI is InChI=1S/C14H17NO/c1-2-3-8-13-9-11-6-4-5-7-12(11)10-14(16)15-13/h4-7,9H,2-3,8,10H2,1H3,(H,15,16). The van der Waals surface area contributed by atoms with Gasteiger partial charge < -0.3 is 5.32 Å². The number of unbranched alkanes of at least 4 members (excludes halogenated alkanes) is 1. The van der Waals surface area contributed by atoms with E-state index in [1.807, 2.05) is 18.2 Å². The molecule has 0 aliphatic carbocycles. The molecule has 16 heavy (non-hydrogen) atoms. The predicted octanol–water partition coefficient (Wildman–Crippen LogP) is 2.89. The quantitative estimate of drug-likeness (QED) is 0.825. The van der Waals surface area contributed by atoms with E-state index in [0.29, 0.717) is 6.42 Å². The molecule has 0 unspecified atom stereocenters. The van der Waals surface area contributed by atoms with Crippen molar-refractivity contribution in [1.82, 2.24) is 5.32 Å². The van der Waals surface area contributed by atoms with Crippen LogP contribution in [0.15, 0.2) is 30.0 Å². The molecule has 0 saturated carbocycles. The lowest BCUT2D eigenvalue weighted by Gasteiger charge is -2.05. The number of fused-ring (bicyclic) bond motifs is 1. The van der Waals surface area contributed by atoms with E-state index < -0.39 is 0 Å². The van der Waals surface area contributed by atoms with Gasteiger partial charge in [-0.05, 0) is 30.0 Å². The first kappa shape index (κ1) is 10.9. The highest BCUT2D eigenvalue weighted by Gasteiger charge is 2.12. The average Bonchev–Trinajstić information content (AvgIpc) is 2.43. The van der Waals surface area contributed by atoms with Crippen LogP contribution in [-0.2, 0) is 11.2 Å². The first-order valence-corrected chi connectivity index (χ1v) is 5.88. The van der Waals surface area contributed by atoms with Crippen LogP contribution in [0, 0.1) is 0 Å². The summed E-state index contributed by atoms with van der Waals surface area (Å²) in [5.74, 6) is 0.104. The first-order chi connectivity index (χ1) is 7.79. The maximum absolute atomic E-state index is 11.7. The normalized spacial score (nSPS) is 14.8. The van der Waals surface area contributed by atoms with E-state index in [-0.39, 0.29) is 5.91 Å². The molecule has 1 amide bonds. The van der Waals surface area contributed by atoms with Crippen molar-refractivity contribution in [3.05, 3.63) is 41.1 Å². The van der Waals surface area contributed by atoms with Crippen LogP contribution in [-0.4, -0.2) is 5.91 Å². The summed E-state index contributed by atoms with van der Waals surface area (Å²) in [5, 5.41) is 2.98. The zero-order valence-electron chi connectivity index (χ0n) is 9.62. The summed E-state index contributed by atoms with van der Waals surface area (Å²) in [6.45, 7) is 2.16. The minimum absolute atomic E-state index is 0.104. The van der Waals surface area contributed by atoms with Gasteiger partial charge in [-0.3, -0.25) is 4.79 Å². The summed E-state index contributed by atoms with van der Waals surface area (Å²) in [6.07, 6.45) is 5.82. The molecule has 1 heterocycles. The predicted molar refractivity (Wildman–Crippen MR) is 65.8 cm³/mol. The highest BCUT2D eigenvalue weighted by molar-refractivity contribution is 5.84. The van der Waals surface area contributed by atoms with Gasteiger partial charge in [0.05, 0.1) is 6.42 Å². The van der Waals surface area contributed by atoms with Gasteiger partial charge in [0.1, 0.15) is 0 Å². The molecule has 0 saturated heterocycles. The van der Waals surface area contributed by atoms with Gasteiger partial charge in [-0.15, -0.1) is 0 Å². The molecular weight excluding hydrogens is 198 g/mol. The number of hydrogen-bond donors (Lipinski definition) is 1. The molecular formula is C14H17NO. The molecule has 0 aromatic heterocycles. The minimum atomic E-state index is 0.104. The Bertz CT molecular complexity index is 420. The van der Waals surface area contributed by atoms with Crippen LogP contribution < -0.4 is 5.32 Å². The maximum atomic E-state index is 11.7. The Hall–Kier alpha value is -1.57. The molecule has 0 bridgehead atoms. The van der Waals surface area contributed by atoms with Crippen molar-refractivity contribution in [1.29, 1.82) is 0 Å². The van der Waals surface area contributed by atoms with Crippen LogP contribution >= 0.6 is 0 Å². The monoisotopic (exact) mass is 215 g/mol. The van der Waals surface area contributed by atoms with Crippen molar-refractivity contribution in [2.75, 3.05) is 0 Å². The Balaban J connectivity index is 2.27. The highest BCUT2D eigenvalue weighted by atomic mass is 16.1. The van der Waals surface area contributed by atoms with E-state index in [2.05, 4.69) is 24.4 Å². The lowest BCUT2D eigenvalue weighted by molar-refractivity contribution is -0.119. The molecule has 1 aromatic carbocycles. The summed E-state index contributed by atoms with van der Waals surface area (Å²) in [5.41, 5.74) is 3.34. The van der Waals surface area contributed by atoms with E-state index in [1.54, 1.807) is 0 Å². The van der Waals surface area contributed by atoms with E-state index in [1.165, 1.54) is 5.56 Å². The number of allylic oxidation sites excluding steroid dienone is 1. The second kappa shape index (κ2) is 4.97. The molecule has 0 fully saturated rings. The van der Waals surface area contributed by atoms with Crippen molar-refractivity contribution in [2.45, 2.75) is 32.6 Å². The number of carbonyl (C=O) groups excluding carboxylic acids is 1. The third-order valence-corrected chi connectivity index (χ3v) is 2.84. The SMILES string of the molecule is CCCCC1=Cc2ccccc2CC(=O)N1. The van der Waals surface area contributed by atoms with Gasteiger partial charge in [0, 0.05) is 5.70 Å². The Kier molecular flexibility index (Phi) is 3.40. The molecule has 1 aliphatic rings. The molecule has 0 atom stereocenters. The zero-order valence-corrected chi connectivity index (χ0v) is 9.62. The Morgan fingerprint density at radius 2 is 2.12 bits per heavy atom. The first-order valence-electron chi connectivity index (χ1n) is 5.88. The summed E-state index contributed by atoms with van der Waals surface area (Å²) in [6, 6.07) is 8.09. The summed E-state index contributed by atoms with van der Waals surface area (Å²) in [4.78, 5) is 11.7. The van der Waals surface area contributed by atoms with Crippen molar-refractivity contribution in [2.24, 2.45) is 0 Å². The highest BCUT2D eigenvalue weighted by Crippen LogP contribution is 2.18. The third kappa shape index (κ3) is 2.51. The van der Waals surface area contributed by atoms with Crippen LogP contribution in [0.1, 0.15) is 37.3 Å². The molecule has 2 rings (SSSR count). The number of amides is 1. The largest absolute Gasteiger partial charge is 0.329 e. The zero-order chi connectivity index (χ0) is 11.4. The Morgan fingerprint density at radius 1 is 1.31 bits per heavy atom. The third-order valence-electron chi connectivity index (χ3n) is 2.84. The van der Waals surface area contributed by atoms with Crippen molar-refractivity contribution >= 4 is 12.0 Å². The second-order valence-electron chi connectivity index (χ2n) is 4.20. The summed E-state index contributed by atoms with van der Waals surface area (Å²) < 4.78 is 0. The van der Waals surface area contributed by atoms with Gasteiger partial charge in [-0.25, -0.2) is 0 Å². The van der Waals surface area contributed by atoms with Crippen molar-refractivity contribution in [3.8, 4) is 0 Å². The van der Waals surface area contributed by atoms with Gasteiger partial charge >= 0.3 is 0 Å². The van der Waals surface area contributed by atoms with E-state index in [4.69, 9.17) is 0 Å². The molecule has 1 aromatic rings.